The molecule has 20 heavy (non-hydrogen) atoms. The lowest BCUT2D eigenvalue weighted by molar-refractivity contribution is 0.101. The first-order chi connectivity index (χ1) is 9.27. The number of ether oxygens (including phenoxy) is 2. The first-order valence-electron chi connectivity index (χ1n) is 5.36. The summed E-state index contributed by atoms with van der Waals surface area (Å²) in [5.74, 6) is -3.20. The molecular weight excluding hydrogens is 298 g/mol. The number of halogens is 2. The number of hydrogen-bond donors (Lipinski definition) is 2. The van der Waals surface area contributed by atoms with E-state index in [1.165, 1.54) is 0 Å². The Hall–Kier alpha value is -1.94. The van der Waals surface area contributed by atoms with Gasteiger partial charge in [-0.15, -0.1) is 0 Å². The molecular formula is C10H10F2N2O5S. The van der Waals surface area contributed by atoms with E-state index in [2.05, 4.69) is 5.32 Å². The zero-order valence-corrected chi connectivity index (χ0v) is 10.7. The molecule has 0 radical (unpaired) electrons. The second kappa shape index (κ2) is 5.21. The van der Waals surface area contributed by atoms with Gasteiger partial charge in [0.2, 0.25) is 10.0 Å². The Morgan fingerprint density at radius 1 is 1.40 bits per heavy atom. The van der Waals surface area contributed by atoms with Crippen molar-refractivity contribution in [3.8, 4) is 5.75 Å². The van der Waals surface area contributed by atoms with Crippen molar-refractivity contribution in [3.05, 3.63) is 23.8 Å². The number of benzene rings is 1. The van der Waals surface area contributed by atoms with Crippen LogP contribution in [-0.4, -0.2) is 33.8 Å². The summed E-state index contributed by atoms with van der Waals surface area (Å²) in [5.41, 5.74) is 0. The van der Waals surface area contributed by atoms with Crippen LogP contribution in [-0.2, 0) is 14.8 Å². The van der Waals surface area contributed by atoms with Crippen molar-refractivity contribution in [3.63, 3.8) is 0 Å². The molecule has 1 unspecified atom stereocenters. The number of sulfonamides is 1. The lowest BCUT2D eigenvalue weighted by Crippen LogP contribution is -2.22. The molecule has 1 heterocycles. The van der Waals surface area contributed by atoms with Crippen LogP contribution in [0.1, 0.15) is 0 Å². The molecule has 1 fully saturated rings. The van der Waals surface area contributed by atoms with Crippen molar-refractivity contribution in [1.29, 1.82) is 0 Å². The number of cyclic esters (lactones) is 1. The predicted molar refractivity (Wildman–Crippen MR) is 61.5 cm³/mol. The summed E-state index contributed by atoms with van der Waals surface area (Å²) in [7, 11) is -4.22. The Morgan fingerprint density at radius 2 is 2.00 bits per heavy atom. The minimum atomic E-state index is -4.22. The summed E-state index contributed by atoms with van der Waals surface area (Å²) >= 11 is 0. The highest BCUT2D eigenvalue weighted by atomic mass is 32.2. The molecule has 1 atom stereocenters. The Labute approximate surface area is 112 Å². The van der Waals surface area contributed by atoms with Crippen LogP contribution < -0.4 is 15.2 Å². The number of hydrogen-bond acceptors (Lipinski definition) is 5. The maximum atomic E-state index is 13.6. The molecule has 0 bridgehead atoms. The lowest BCUT2D eigenvalue weighted by Gasteiger charge is -2.12. The van der Waals surface area contributed by atoms with E-state index in [0.29, 0.717) is 12.1 Å². The predicted octanol–water partition coefficient (Wildman–Crippen LogP) is 0.0994. The second-order valence-corrected chi connectivity index (χ2v) is 5.54. The van der Waals surface area contributed by atoms with Gasteiger partial charge in [0.05, 0.1) is 11.4 Å². The fourth-order valence-corrected chi connectivity index (χ4v) is 2.08. The number of carbonyl (C=O) groups excluding carboxylic acids is 1. The summed E-state index contributed by atoms with van der Waals surface area (Å²) in [6.07, 6.45) is -1.33. The van der Waals surface area contributed by atoms with Gasteiger partial charge in [0.15, 0.2) is 23.5 Å². The Morgan fingerprint density at radius 3 is 2.45 bits per heavy atom. The zero-order chi connectivity index (χ0) is 14.9. The minimum Gasteiger partial charge on any atom is -0.484 e. The summed E-state index contributed by atoms with van der Waals surface area (Å²) in [6.45, 7) is -0.126. The normalized spacial score (nSPS) is 18.6. The van der Waals surface area contributed by atoms with E-state index in [0.717, 1.165) is 0 Å². The summed E-state index contributed by atoms with van der Waals surface area (Å²) in [5, 5.41) is 7.11. The molecule has 0 saturated carbocycles. The van der Waals surface area contributed by atoms with Crippen molar-refractivity contribution < 1.29 is 31.5 Å². The number of carbonyl (C=O) groups is 1. The number of rotatable bonds is 4. The molecule has 0 aliphatic carbocycles. The highest BCUT2D eigenvalue weighted by Gasteiger charge is 2.25. The van der Waals surface area contributed by atoms with Gasteiger partial charge in [0.1, 0.15) is 6.61 Å². The molecule has 1 aliphatic heterocycles. The summed E-state index contributed by atoms with van der Waals surface area (Å²) in [4.78, 5) is 10.0. The van der Waals surface area contributed by atoms with Gasteiger partial charge in [-0.05, 0) is 12.1 Å². The fourth-order valence-electron chi connectivity index (χ4n) is 1.54. The average molecular weight is 308 g/mol. The highest BCUT2D eigenvalue weighted by molar-refractivity contribution is 7.89. The van der Waals surface area contributed by atoms with Crippen LogP contribution >= 0.6 is 0 Å². The first kappa shape index (κ1) is 14.5. The van der Waals surface area contributed by atoms with E-state index in [4.69, 9.17) is 14.6 Å². The molecule has 0 aromatic heterocycles. The van der Waals surface area contributed by atoms with Crippen LogP contribution in [0.15, 0.2) is 17.0 Å². The molecule has 0 spiro atoms. The zero-order valence-electron chi connectivity index (χ0n) is 9.93. The van der Waals surface area contributed by atoms with Crippen molar-refractivity contribution in [1.82, 2.24) is 5.32 Å². The maximum Gasteiger partial charge on any atom is 0.407 e. The van der Waals surface area contributed by atoms with Crippen molar-refractivity contribution in [2.75, 3.05) is 13.2 Å². The van der Waals surface area contributed by atoms with Crippen LogP contribution in [0.3, 0.4) is 0 Å². The highest BCUT2D eigenvalue weighted by Crippen LogP contribution is 2.25. The van der Waals surface area contributed by atoms with Crippen molar-refractivity contribution >= 4 is 16.1 Å². The quantitative estimate of drug-likeness (QED) is 0.820. The summed E-state index contributed by atoms with van der Waals surface area (Å²) in [6, 6.07) is 1.10. The third kappa shape index (κ3) is 3.14. The third-order valence-corrected chi connectivity index (χ3v) is 3.35. The Kier molecular flexibility index (Phi) is 3.77. The smallest absolute Gasteiger partial charge is 0.407 e. The van der Waals surface area contributed by atoms with E-state index < -0.39 is 44.5 Å². The molecule has 1 aromatic rings. The van der Waals surface area contributed by atoms with E-state index in [1.807, 2.05) is 0 Å². The summed E-state index contributed by atoms with van der Waals surface area (Å²) < 4.78 is 58.7. The number of alkyl carbamates (subject to hydrolysis) is 1. The maximum absolute atomic E-state index is 13.6. The molecule has 2 rings (SSSR count). The minimum absolute atomic E-state index is 0.150. The number of nitrogens with one attached hydrogen (secondary N) is 1. The van der Waals surface area contributed by atoms with Gasteiger partial charge >= 0.3 is 6.09 Å². The van der Waals surface area contributed by atoms with Gasteiger partial charge in [-0.1, -0.05) is 0 Å². The van der Waals surface area contributed by atoms with Gasteiger partial charge in [-0.25, -0.2) is 27.1 Å². The van der Waals surface area contributed by atoms with Gasteiger partial charge in [-0.2, -0.15) is 0 Å². The third-order valence-electron chi connectivity index (χ3n) is 2.46. The first-order valence-corrected chi connectivity index (χ1v) is 6.91. The van der Waals surface area contributed by atoms with E-state index >= 15 is 0 Å². The number of nitrogens with two attached hydrogens (primary N) is 1. The molecule has 10 heteroatoms. The molecule has 110 valence electrons. The fraction of sp³-hybridized carbons (Fsp3) is 0.300. The lowest BCUT2D eigenvalue weighted by atomic mass is 10.3. The molecule has 1 aromatic carbocycles. The SMILES string of the molecule is NS(=O)(=O)c1cc(F)c(OCC2CNC(=O)O2)c(F)c1. The van der Waals surface area contributed by atoms with E-state index in [9.17, 15) is 22.0 Å². The van der Waals surface area contributed by atoms with Gasteiger partial charge < -0.3 is 14.8 Å². The van der Waals surface area contributed by atoms with Crippen LogP contribution in [0, 0.1) is 11.6 Å². The van der Waals surface area contributed by atoms with Crippen molar-refractivity contribution in [2.24, 2.45) is 5.14 Å². The van der Waals surface area contributed by atoms with E-state index in [1.54, 1.807) is 0 Å². The standard InChI is InChI=1S/C10H10F2N2O5S/c11-7-1-6(20(13,16)17)2-8(12)9(7)18-4-5-3-14-10(15)19-5/h1-2,5H,3-4H2,(H,14,15)(H2,13,16,17). The van der Waals surface area contributed by atoms with Crippen LogP contribution in [0.4, 0.5) is 13.6 Å². The Bertz CT molecular complexity index is 626. The second-order valence-electron chi connectivity index (χ2n) is 3.98. The van der Waals surface area contributed by atoms with E-state index in [-0.39, 0.29) is 13.2 Å². The average Bonchev–Trinajstić information content (AvgIpc) is 2.72. The number of amides is 1. The van der Waals surface area contributed by atoms with Crippen LogP contribution in [0.25, 0.3) is 0 Å². The van der Waals surface area contributed by atoms with Crippen molar-refractivity contribution in [2.45, 2.75) is 11.0 Å². The molecule has 3 N–H and O–H groups in total. The molecule has 1 aliphatic rings. The topological polar surface area (TPSA) is 108 Å². The molecule has 1 amide bonds. The number of primary sulfonamides is 1. The molecule has 1 saturated heterocycles. The van der Waals surface area contributed by atoms with Gasteiger partial charge in [0, 0.05) is 0 Å². The monoisotopic (exact) mass is 308 g/mol. The van der Waals surface area contributed by atoms with Crippen LogP contribution in [0.5, 0.6) is 5.75 Å². The van der Waals surface area contributed by atoms with Gasteiger partial charge in [-0.3, -0.25) is 0 Å². The largest absolute Gasteiger partial charge is 0.484 e. The van der Waals surface area contributed by atoms with Gasteiger partial charge in [0.25, 0.3) is 0 Å². The van der Waals surface area contributed by atoms with Crippen LogP contribution in [0.2, 0.25) is 0 Å². The molecule has 7 nitrogen and oxygen atoms in total. The Balaban J connectivity index is 2.14.